The average molecular weight is 337 g/mol. The first-order chi connectivity index (χ1) is 12.3. The van der Waals surface area contributed by atoms with Crippen molar-refractivity contribution in [3.63, 3.8) is 0 Å². The lowest BCUT2D eigenvalue weighted by molar-refractivity contribution is 0.0945. The van der Waals surface area contributed by atoms with Crippen molar-refractivity contribution in [1.82, 2.24) is 15.1 Å². The number of hydrogen-bond acceptors (Lipinski definition) is 3. The zero-order valence-electron chi connectivity index (χ0n) is 14.4. The van der Waals surface area contributed by atoms with E-state index in [0.717, 1.165) is 18.5 Å². The summed E-state index contributed by atoms with van der Waals surface area (Å²) in [6.45, 7) is 2.85. The number of carbonyl (C=O) groups excluding carboxylic acids is 1. The smallest absolute Gasteiger partial charge is 0.270 e. The maximum Gasteiger partial charge on any atom is 0.270 e. The molecule has 0 saturated carbocycles. The number of rotatable bonds is 8. The van der Waals surface area contributed by atoms with Gasteiger partial charge in [-0.1, -0.05) is 44.4 Å². The van der Waals surface area contributed by atoms with Gasteiger partial charge in [0.15, 0.2) is 5.76 Å². The van der Waals surface area contributed by atoms with Gasteiger partial charge in [0.2, 0.25) is 0 Å². The van der Waals surface area contributed by atoms with Crippen molar-refractivity contribution in [3.05, 3.63) is 60.5 Å². The second kappa shape index (κ2) is 8.33. The summed E-state index contributed by atoms with van der Waals surface area (Å²) in [5.41, 5.74) is 1.99. The normalized spacial score (nSPS) is 10.8. The minimum atomic E-state index is -0.120. The number of unbranched alkanes of at least 4 members (excludes halogenated alkanes) is 3. The molecule has 0 spiro atoms. The fraction of sp³-hybridized carbons (Fsp3) is 0.300. The lowest BCUT2D eigenvalue weighted by atomic mass is 10.2. The van der Waals surface area contributed by atoms with Crippen molar-refractivity contribution in [2.24, 2.45) is 0 Å². The largest absolute Gasteiger partial charge is 0.463 e. The Labute approximate surface area is 147 Å². The van der Waals surface area contributed by atoms with Crippen molar-refractivity contribution in [3.8, 4) is 17.1 Å². The minimum absolute atomic E-state index is 0.120. The van der Waals surface area contributed by atoms with E-state index in [4.69, 9.17) is 4.42 Å². The molecular formula is C20H23N3O2. The van der Waals surface area contributed by atoms with Crippen LogP contribution in [-0.2, 0) is 0 Å². The number of aromatic nitrogens is 2. The molecular weight excluding hydrogens is 314 g/mol. The van der Waals surface area contributed by atoms with Crippen LogP contribution in [0.4, 0.5) is 0 Å². The van der Waals surface area contributed by atoms with Gasteiger partial charge >= 0.3 is 0 Å². The zero-order chi connectivity index (χ0) is 17.5. The van der Waals surface area contributed by atoms with E-state index in [2.05, 4.69) is 17.3 Å². The van der Waals surface area contributed by atoms with Crippen LogP contribution >= 0.6 is 0 Å². The summed E-state index contributed by atoms with van der Waals surface area (Å²) in [5.74, 6) is 0.525. The molecule has 0 atom stereocenters. The molecule has 0 aliphatic heterocycles. The average Bonchev–Trinajstić information content (AvgIpc) is 3.31. The van der Waals surface area contributed by atoms with Gasteiger partial charge in [-0.05, 0) is 30.7 Å². The number of nitrogens with one attached hydrogen (secondary N) is 1. The Morgan fingerprint density at radius 2 is 1.96 bits per heavy atom. The van der Waals surface area contributed by atoms with Gasteiger partial charge in [-0.15, -0.1) is 0 Å². The van der Waals surface area contributed by atoms with Crippen molar-refractivity contribution in [1.29, 1.82) is 0 Å². The summed E-state index contributed by atoms with van der Waals surface area (Å²) in [6.07, 6.45) is 6.10. The van der Waals surface area contributed by atoms with Gasteiger partial charge in [-0.2, -0.15) is 5.10 Å². The van der Waals surface area contributed by atoms with Gasteiger partial charge in [0, 0.05) is 12.6 Å². The molecule has 130 valence electrons. The third-order valence-corrected chi connectivity index (χ3v) is 4.03. The SMILES string of the molecule is CCCCCCNC(=O)c1cc(-c2ccco2)nn1-c1ccccc1. The molecule has 0 saturated heterocycles. The van der Waals surface area contributed by atoms with Gasteiger partial charge in [0.05, 0.1) is 12.0 Å². The summed E-state index contributed by atoms with van der Waals surface area (Å²) in [7, 11) is 0. The number of amides is 1. The first-order valence-electron chi connectivity index (χ1n) is 8.77. The summed E-state index contributed by atoms with van der Waals surface area (Å²) in [5, 5.41) is 7.56. The summed E-state index contributed by atoms with van der Waals surface area (Å²) in [4.78, 5) is 12.7. The number of benzene rings is 1. The standard InChI is InChI=1S/C20H23N3O2/c1-2-3-4-8-13-21-20(24)18-15-17(19-12-9-14-25-19)22-23(18)16-10-6-5-7-11-16/h5-7,9-12,14-15H,2-4,8,13H2,1H3,(H,21,24). The van der Waals surface area contributed by atoms with Crippen LogP contribution in [-0.4, -0.2) is 22.2 Å². The monoisotopic (exact) mass is 337 g/mol. The fourth-order valence-electron chi connectivity index (χ4n) is 2.70. The summed E-state index contributed by atoms with van der Waals surface area (Å²) < 4.78 is 7.09. The molecule has 3 aromatic rings. The molecule has 2 aromatic heterocycles. The molecule has 0 bridgehead atoms. The maximum atomic E-state index is 12.7. The van der Waals surface area contributed by atoms with E-state index in [0.29, 0.717) is 23.7 Å². The highest BCUT2D eigenvalue weighted by atomic mass is 16.3. The minimum Gasteiger partial charge on any atom is -0.463 e. The van der Waals surface area contributed by atoms with Gasteiger partial charge in [0.25, 0.3) is 5.91 Å². The molecule has 3 rings (SSSR count). The van der Waals surface area contributed by atoms with Crippen LogP contribution < -0.4 is 5.32 Å². The topological polar surface area (TPSA) is 60.1 Å². The number of hydrogen-bond donors (Lipinski definition) is 1. The molecule has 1 N–H and O–H groups in total. The number of para-hydroxylation sites is 1. The number of carbonyl (C=O) groups is 1. The van der Waals surface area contributed by atoms with Crippen LogP contribution in [0.3, 0.4) is 0 Å². The van der Waals surface area contributed by atoms with Crippen molar-refractivity contribution < 1.29 is 9.21 Å². The van der Waals surface area contributed by atoms with Crippen LogP contribution in [0.15, 0.2) is 59.2 Å². The predicted octanol–water partition coefficient (Wildman–Crippen LogP) is 4.44. The Balaban J connectivity index is 1.82. The maximum absolute atomic E-state index is 12.7. The van der Waals surface area contributed by atoms with Crippen molar-refractivity contribution in [2.75, 3.05) is 6.54 Å². The van der Waals surface area contributed by atoms with Crippen LogP contribution in [0.5, 0.6) is 0 Å². The van der Waals surface area contributed by atoms with E-state index in [9.17, 15) is 4.79 Å². The van der Waals surface area contributed by atoms with Crippen molar-refractivity contribution >= 4 is 5.91 Å². The lowest BCUT2D eigenvalue weighted by Gasteiger charge is -2.08. The molecule has 2 heterocycles. The number of nitrogens with zero attached hydrogens (tertiary/aromatic N) is 2. The van der Waals surface area contributed by atoms with Crippen LogP contribution in [0.25, 0.3) is 17.1 Å². The molecule has 1 aromatic carbocycles. The van der Waals surface area contributed by atoms with Gasteiger partial charge < -0.3 is 9.73 Å². The molecule has 1 amide bonds. The molecule has 0 aliphatic rings. The van der Waals surface area contributed by atoms with Crippen LogP contribution in [0, 0.1) is 0 Å². The highest BCUT2D eigenvalue weighted by Crippen LogP contribution is 2.22. The van der Waals surface area contributed by atoms with E-state index in [-0.39, 0.29) is 5.91 Å². The first-order valence-corrected chi connectivity index (χ1v) is 8.77. The highest BCUT2D eigenvalue weighted by Gasteiger charge is 2.18. The molecule has 0 aliphatic carbocycles. The fourth-order valence-corrected chi connectivity index (χ4v) is 2.70. The Kier molecular flexibility index (Phi) is 5.67. The Morgan fingerprint density at radius 3 is 2.68 bits per heavy atom. The number of furan rings is 1. The van der Waals surface area contributed by atoms with Gasteiger partial charge in [-0.25, -0.2) is 4.68 Å². The van der Waals surface area contributed by atoms with Crippen LogP contribution in [0.2, 0.25) is 0 Å². The van der Waals surface area contributed by atoms with E-state index >= 15 is 0 Å². The third kappa shape index (κ3) is 4.18. The zero-order valence-corrected chi connectivity index (χ0v) is 14.4. The lowest BCUT2D eigenvalue weighted by Crippen LogP contribution is -2.26. The molecule has 0 radical (unpaired) electrons. The molecule has 25 heavy (non-hydrogen) atoms. The highest BCUT2D eigenvalue weighted by molar-refractivity contribution is 5.94. The second-order valence-electron chi connectivity index (χ2n) is 5.96. The Morgan fingerprint density at radius 1 is 1.12 bits per heavy atom. The summed E-state index contributed by atoms with van der Waals surface area (Å²) >= 11 is 0. The Bertz CT molecular complexity index is 792. The second-order valence-corrected chi connectivity index (χ2v) is 5.96. The molecule has 5 nitrogen and oxygen atoms in total. The third-order valence-electron chi connectivity index (χ3n) is 4.03. The van der Waals surface area contributed by atoms with E-state index in [1.54, 1.807) is 17.0 Å². The van der Waals surface area contributed by atoms with E-state index in [1.165, 1.54) is 12.8 Å². The molecule has 0 unspecified atom stereocenters. The molecule has 0 fully saturated rings. The summed E-state index contributed by atoms with van der Waals surface area (Å²) in [6, 6.07) is 15.1. The first kappa shape index (κ1) is 17.0. The van der Waals surface area contributed by atoms with Gasteiger partial charge in [-0.3, -0.25) is 4.79 Å². The Hall–Kier alpha value is -2.82. The van der Waals surface area contributed by atoms with Crippen LogP contribution in [0.1, 0.15) is 43.1 Å². The predicted molar refractivity (Wildman–Crippen MR) is 97.7 cm³/mol. The van der Waals surface area contributed by atoms with E-state index in [1.807, 2.05) is 42.5 Å². The van der Waals surface area contributed by atoms with E-state index < -0.39 is 0 Å². The van der Waals surface area contributed by atoms with Crippen molar-refractivity contribution in [2.45, 2.75) is 32.6 Å². The molecule has 5 heteroatoms. The van der Waals surface area contributed by atoms with Gasteiger partial charge in [0.1, 0.15) is 11.4 Å². The quantitative estimate of drug-likeness (QED) is 0.618.